The Morgan fingerprint density at radius 2 is 2.06 bits per heavy atom. The fraction of sp³-hybridized carbons (Fsp3) is 0.714. The van der Waals surface area contributed by atoms with Gasteiger partial charge in [0.05, 0.1) is 0 Å². The highest BCUT2D eigenvalue weighted by Crippen LogP contribution is 2.10. The first-order chi connectivity index (χ1) is 7.42. The highest BCUT2D eigenvalue weighted by Gasteiger charge is 2.10. The van der Waals surface area contributed by atoms with Crippen LogP contribution in [0.15, 0.2) is 18.3 Å². The first kappa shape index (κ1) is 13.3. The fourth-order valence-corrected chi connectivity index (χ4v) is 1.61. The zero-order valence-corrected chi connectivity index (χ0v) is 11.4. The standard InChI is InChI=1S/C14H26N2/c1-6-12(2)11-16-9-7-8-13(16)10-15-14(3,4)5/h7-9,12,15H,6,10-11H2,1-5H3. The number of nitrogens with zero attached hydrogens (tertiary/aromatic N) is 1. The summed E-state index contributed by atoms with van der Waals surface area (Å²) in [7, 11) is 0. The van der Waals surface area contributed by atoms with Crippen LogP contribution in [-0.2, 0) is 13.1 Å². The topological polar surface area (TPSA) is 17.0 Å². The van der Waals surface area contributed by atoms with Crippen LogP contribution in [0, 0.1) is 5.92 Å². The molecule has 92 valence electrons. The van der Waals surface area contributed by atoms with Crippen molar-refractivity contribution in [1.82, 2.24) is 9.88 Å². The molecule has 2 nitrogen and oxygen atoms in total. The van der Waals surface area contributed by atoms with E-state index in [1.165, 1.54) is 12.1 Å². The van der Waals surface area contributed by atoms with Crippen LogP contribution in [0.1, 0.15) is 46.7 Å². The van der Waals surface area contributed by atoms with E-state index in [0.29, 0.717) is 0 Å². The Morgan fingerprint density at radius 3 is 2.62 bits per heavy atom. The molecule has 0 saturated carbocycles. The van der Waals surface area contributed by atoms with Crippen LogP contribution in [0.4, 0.5) is 0 Å². The minimum Gasteiger partial charge on any atom is -0.350 e. The van der Waals surface area contributed by atoms with E-state index in [1.54, 1.807) is 0 Å². The van der Waals surface area contributed by atoms with Gasteiger partial charge < -0.3 is 9.88 Å². The van der Waals surface area contributed by atoms with Crippen LogP contribution in [-0.4, -0.2) is 10.1 Å². The molecule has 0 bridgehead atoms. The second-order valence-electron chi connectivity index (χ2n) is 5.77. The van der Waals surface area contributed by atoms with Crippen molar-refractivity contribution in [3.63, 3.8) is 0 Å². The minimum absolute atomic E-state index is 0.186. The zero-order chi connectivity index (χ0) is 12.2. The number of rotatable bonds is 5. The van der Waals surface area contributed by atoms with Gasteiger partial charge in [0.2, 0.25) is 0 Å². The van der Waals surface area contributed by atoms with E-state index < -0.39 is 0 Å². The maximum Gasteiger partial charge on any atom is 0.0363 e. The van der Waals surface area contributed by atoms with Crippen LogP contribution in [0.3, 0.4) is 0 Å². The van der Waals surface area contributed by atoms with Gasteiger partial charge in [0.1, 0.15) is 0 Å². The Bertz CT molecular complexity index is 307. The molecule has 2 heteroatoms. The average molecular weight is 222 g/mol. The summed E-state index contributed by atoms with van der Waals surface area (Å²) in [5.41, 5.74) is 1.57. The third-order valence-electron chi connectivity index (χ3n) is 2.93. The molecule has 0 aromatic carbocycles. The van der Waals surface area contributed by atoms with Crippen molar-refractivity contribution in [3.05, 3.63) is 24.0 Å². The first-order valence-corrected chi connectivity index (χ1v) is 6.31. The van der Waals surface area contributed by atoms with Crippen molar-refractivity contribution in [2.45, 2.75) is 59.7 Å². The van der Waals surface area contributed by atoms with E-state index in [1.807, 2.05) is 0 Å². The van der Waals surface area contributed by atoms with Gasteiger partial charge in [0.15, 0.2) is 0 Å². The zero-order valence-electron chi connectivity index (χ0n) is 11.4. The van der Waals surface area contributed by atoms with Gasteiger partial charge in [-0.25, -0.2) is 0 Å². The number of aromatic nitrogens is 1. The molecule has 1 atom stereocenters. The molecule has 1 rings (SSSR count). The van der Waals surface area contributed by atoms with Gasteiger partial charge in [-0.3, -0.25) is 0 Å². The van der Waals surface area contributed by atoms with Gasteiger partial charge >= 0.3 is 0 Å². The second-order valence-corrected chi connectivity index (χ2v) is 5.77. The normalized spacial score (nSPS) is 14.1. The van der Waals surface area contributed by atoms with Gasteiger partial charge in [0, 0.05) is 30.5 Å². The predicted octanol–water partition coefficient (Wildman–Crippen LogP) is 3.42. The number of hydrogen-bond donors (Lipinski definition) is 1. The summed E-state index contributed by atoms with van der Waals surface area (Å²) in [5, 5.41) is 3.54. The summed E-state index contributed by atoms with van der Waals surface area (Å²) in [6.07, 6.45) is 3.43. The average Bonchev–Trinajstić information content (AvgIpc) is 2.61. The molecule has 1 heterocycles. The van der Waals surface area contributed by atoms with Crippen molar-refractivity contribution in [2.24, 2.45) is 5.92 Å². The third kappa shape index (κ3) is 4.40. The fourth-order valence-electron chi connectivity index (χ4n) is 1.61. The molecular weight excluding hydrogens is 196 g/mol. The Kier molecular flexibility index (Phi) is 4.60. The van der Waals surface area contributed by atoms with Gasteiger partial charge in [-0.05, 0) is 38.8 Å². The van der Waals surface area contributed by atoms with E-state index in [4.69, 9.17) is 0 Å². The number of nitrogens with one attached hydrogen (secondary N) is 1. The van der Waals surface area contributed by atoms with Crippen LogP contribution < -0.4 is 5.32 Å². The van der Waals surface area contributed by atoms with Crippen molar-refractivity contribution in [3.8, 4) is 0 Å². The summed E-state index contributed by atoms with van der Waals surface area (Å²) in [5.74, 6) is 0.751. The smallest absolute Gasteiger partial charge is 0.0363 e. The van der Waals surface area contributed by atoms with Gasteiger partial charge in [-0.15, -0.1) is 0 Å². The van der Waals surface area contributed by atoms with E-state index in [9.17, 15) is 0 Å². The molecule has 0 amide bonds. The van der Waals surface area contributed by atoms with E-state index in [2.05, 4.69) is 62.8 Å². The van der Waals surface area contributed by atoms with Crippen molar-refractivity contribution in [2.75, 3.05) is 0 Å². The van der Waals surface area contributed by atoms with Crippen molar-refractivity contribution in [1.29, 1.82) is 0 Å². The maximum atomic E-state index is 3.54. The molecule has 0 radical (unpaired) electrons. The molecule has 1 aromatic heterocycles. The van der Waals surface area contributed by atoms with Gasteiger partial charge in [-0.2, -0.15) is 0 Å². The third-order valence-corrected chi connectivity index (χ3v) is 2.93. The molecule has 0 fully saturated rings. The Labute approximate surface area is 100 Å². The van der Waals surface area contributed by atoms with E-state index in [0.717, 1.165) is 19.0 Å². The van der Waals surface area contributed by atoms with E-state index in [-0.39, 0.29) is 5.54 Å². The molecule has 0 aliphatic carbocycles. The van der Waals surface area contributed by atoms with Crippen LogP contribution in [0.2, 0.25) is 0 Å². The summed E-state index contributed by atoms with van der Waals surface area (Å²) in [6.45, 7) is 13.2. The van der Waals surface area contributed by atoms with Crippen LogP contribution in [0.25, 0.3) is 0 Å². The lowest BCUT2D eigenvalue weighted by molar-refractivity contribution is 0.404. The molecule has 0 aliphatic rings. The summed E-state index contributed by atoms with van der Waals surface area (Å²) in [4.78, 5) is 0. The van der Waals surface area contributed by atoms with Crippen molar-refractivity contribution < 1.29 is 0 Å². The lowest BCUT2D eigenvalue weighted by Crippen LogP contribution is -2.35. The highest BCUT2D eigenvalue weighted by molar-refractivity contribution is 5.07. The first-order valence-electron chi connectivity index (χ1n) is 6.31. The summed E-state index contributed by atoms with van der Waals surface area (Å²) < 4.78 is 2.37. The van der Waals surface area contributed by atoms with Gasteiger partial charge in [-0.1, -0.05) is 20.3 Å². The van der Waals surface area contributed by atoms with Crippen molar-refractivity contribution >= 4 is 0 Å². The lowest BCUT2D eigenvalue weighted by atomic mass is 10.1. The molecule has 16 heavy (non-hydrogen) atoms. The van der Waals surface area contributed by atoms with Crippen LogP contribution >= 0.6 is 0 Å². The molecule has 0 aliphatic heterocycles. The number of hydrogen-bond acceptors (Lipinski definition) is 1. The predicted molar refractivity (Wildman–Crippen MR) is 70.5 cm³/mol. The Hall–Kier alpha value is -0.760. The van der Waals surface area contributed by atoms with Crippen LogP contribution in [0.5, 0.6) is 0 Å². The second kappa shape index (κ2) is 5.53. The maximum absolute atomic E-state index is 3.54. The quantitative estimate of drug-likeness (QED) is 0.807. The SMILES string of the molecule is CCC(C)Cn1cccc1CNC(C)(C)C. The summed E-state index contributed by atoms with van der Waals surface area (Å²) >= 11 is 0. The summed E-state index contributed by atoms with van der Waals surface area (Å²) in [6, 6.07) is 4.35. The molecule has 0 saturated heterocycles. The molecule has 1 aromatic rings. The molecule has 1 unspecified atom stereocenters. The van der Waals surface area contributed by atoms with Gasteiger partial charge in [0.25, 0.3) is 0 Å². The molecule has 0 spiro atoms. The largest absolute Gasteiger partial charge is 0.350 e. The molecule has 1 N–H and O–H groups in total. The van der Waals surface area contributed by atoms with E-state index >= 15 is 0 Å². The monoisotopic (exact) mass is 222 g/mol. The molecular formula is C14H26N2. The Balaban J connectivity index is 2.57. The minimum atomic E-state index is 0.186. The highest BCUT2D eigenvalue weighted by atomic mass is 15.0. The Morgan fingerprint density at radius 1 is 1.38 bits per heavy atom. The lowest BCUT2D eigenvalue weighted by Gasteiger charge is -2.22.